The van der Waals surface area contributed by atoms with Crippen LogP contribution < -0.4 is 0 Å². The lowest BCUT2D eigenvalue weighted by Gasteiger charge is -2.36. The van der Waals surface area contributed by atoms with Gasteiger partial charge in [-0.2, -0.15) is 0 Å². The van der Waals surface area contributed by atoms with Gasteiger partial charge in [-0.1, -0.05) is 0 Å². The molecule has 1 atom stereocenters. The predicted molar refractivity (Wildman–Crippen MR) is 87.8 cm³/mol. The quantitative estimate of drug-likeness (QED) is 0.769. The molecule has 0 aromatic carbocycles. The molecule has 1 aromatic rings. The van der Waals surface area contributed by atoms with Crippen LogP contribution in [0.3, 0.4) is 0 Å². The first kappa shape index (κ1) is 18.3. The van der Waals surface area contributed by atoms with Gasteiger partial charge in [0, 0.05) is 18.9 Å². The summed E-state index contributed by atoms with van der Waals surface area (Å²) in [6.07, 6.45) is 6.91. The number of carbonyl (C=O) groups is 2. The first-order valence-electron chi connectivity index (χ1n) is 8.23. The summed E-state index contributed by atoms with van der Waals surface area (Å²) < 4.78 is 11.0. The Morgan fingerprint density at radius 1 is 1.29 bits per heavy atom. The van der Waals surface area contributed by atoms with Gasteiger partial charge in [-0.25, -0.2) is 9.78 Å². The molecule has 7 heteroatoms. The van der Waals surface area contributed by atoms with Crippen LogP contribution in [0.25, 0.3) is 0 Å². The van der Waals surface area contributed by atoms with Crippen LogP contribution in [-0.4, -0.2) is 58.1 Å². The maximum atomic E-state index is 12.3. The highest BCUT2D eigenvalue weighted by molar-refractivity contribution is 5.94. The van der Waals surface area contributed by atoms with Crippen molar-refractivity contribution in [3.63, 3.8) is 0 Å². The Hall–Kier alpha value is -2.02. The number of amides is 1. The van der Waals surface area contributed by atoms with Crippen LogP contribution in [0.15, 0.2) is 18.6 Å². The summed E-state index contributed by atoms with van der Waals surface area (Å²) in [6, 6.07) is -0.0664. The van der Waals surface area contributed by atoms with E-state index in [1.54, 1.807) is 4.90 Å². The highest BCUT2D eigenvalue weighted by atomic mass is 16.6. The zero-order valence-electron chi connectivity index (χ0n) is 14.5. The van der Waals surface area contributed by atoms with E-state index in [9.17, 15) is 9.59 Å². The number of piperidine rings is 1. The molecule has 1 aromatic heterocycles. The molecule has 1 fully saturated rings. The number of nitrogens with zero attached hydrogens (tertiary/aromatic N) is 3. The van der Waals surface area contributed by atoms with Crippen molar-refractivity contribution in [2.75, 3.05) is 19.8 Å². The van der Waals surface area contributed by atoms with Gasteiger partial charge in [-0.3, -0.25) is 9.78 Å². The zero-order valence-corrected chi connectivity index (χ0v) is 14.5. The average Bonchev–Trinajstić information content (AvgIpc) is 2.54. The van der Waals surface area contributed by atoms with Crippen LogP contribution in [0.1, 0.15) is 50.5 Å². The Morgan fingerprint density at radius 2 is 2.08 bits per heavy atom. The van der Waals surface area contributed by atoms with Gasteiger partial charge in [0.05, 0.1) is 18.8 Å². The van der Waals surface area contributed by atoms with E-state index in [4.69, 9.17) is 9.47 Å². The maximum absolute atomic E-state index is 12.3. The summed E-state index contributed by atoms with van der Waals surface area (Å²) in [7, 11) is 0. The molecule has 1 saturated heterocycles. The van der Waals surface area contributed by atoms with E-state index in [-0.39, 0.29) is 30.2 Å². The van der Waals surface area contributed by atoms with Crippen LogP contribution in [0.5, 0.6) is 0 Å². The molecule has 2 rings (SSSR count). The minimum absolute atomic E-state index is 0.0664. The van der Waals surface area contributed by atoms with Crippen molar-refractivity contribution in [3.05, 3.63) is 24.3 Å². The minimum Gasteiger partial charge on any atom is -0.444 e. The van der Waals surface area contributed by atoms with Gasteiger partial charge in [-0.15, -0.1) is 0 Å². The first-order chi connectivity index (χ1) is 11.4. The van der Waals surface area contributed by atoms with Gasteiger partial charge in [-0.05, 0) is 40.0 Å². The third-order valence-corrected chi connectivity index (χ3v) is 3.65. The Kier molecular flexibility index (Phi) is 6.25. The van der Waals surface area contributed by atoms with E-state index in [0.29, 0.717) is 13.2 Å². The number of rotatable bonds is 5. The predicted octanol–water partition coefficient (Wildman–Crippen LogP) is 2.47. The fraction of sp³-hybridized carbons (Fsp3) is 0.647. The number of likely N-dealkylation sites (tertiary alicyclic amines) is 1. The van der Waals surface area contributed by atoms with Gasteiger partial charge in [0.2, 0.25) is 5.78 Å². The molecule has 1 amide bonds. The molecule has 0 radical (unpaired) electrons. The number of hydrogen-bond donors (Lipinski definition) is 0. The molecule has 24 heavy (non-hydrogen) atoms. The largest absolute Gasteiger partial charge is 0.444 e. The summed E-state index contributed by atoms with van der Waals surface area (Å²) in [4.78, 5) is 33.8. The lowest BCUT2D eigenvalue weighted by Crippen LogP contribution is -2.48. The normalized spacial score (nSPS) is 18.3. The van der Waals surface area contributed by atoms with Crippen molar-refractivity contribution in [1.29, 1.82) is 0 Å². The zero-order chi connectivity index (χ0) is 17.6. The third-order valence-electron chi connectivity index (χ3n) is 3.65. The summed E-state index contributed by atoms with van der Waals surface area (Å²) in [6.45, 7) is 6.43. The fourth-order valence-corrected chi connectivity index (χ4v) is 2.54. The summed E-state index contributed by atoms with van der Waals surface area (Å²) >= 11 is 0. The molecule has 0 saturated carbocycles. The number of hydrogen-bond acceptors (Lipinski definition) is 6. The molecular formula is C17H25N3O4. The van der Waals surface area contributed by atoms with Crippen molar-refractivity contribution < 1.29 is 19.1 Å². The molecule has 0 unspecified atom stereocenters. The van der Waals surface area contributed by atoms with E-state index >= 15 is 0 Å². The number of carbonyl (C=O) groups excluding carboxylic acids is 2. The topological polar surface area (TPSA) is 81.6 Å². The van der Waals surface area contributed by atoms with Crippen molar-refractivity contribution in [2.24, 2.45) is 0 Å². The second kappa shape index (κ2) is 8.19. The molecular weight excluding hydrogens is 310 g/mol. The van der Waals surface area contributed by atoms with Crippen molar-refractivity contribution in [1.82, 2.24) is 14.9 Å². The highest BCUT2D eigenvalue weighted by Crippen LogP contribution is 2.20. The molecule has 7 nitrogen and oxygen atoms in total. The number of Topliss-reactive ketones (excluding diaryl/α,β-unsaturated/α-hetero) is 1. The van der Waals surface area contributed by atoms with E-state index in [2.05, 4.69) is 9.97 Å². The minimum atomic E-state index is -0.526. The molecule has 1 aliphatic rings. The SMILES string of the molecule is CC(C)(C)OC(=O)N1CCCC[C@H]1COCC(=O)c1cnccn1. The molecule has 1 aliphatic heterocycles. The Balaban J connectivity index is 1.85. The Bertz CT molecular complexity index is 557. The average molecular weight is 335 g/mol. The van der Waals surface area contributed by atoms with Crippen molar-refractivity contribution in [2.45, 2.75) is 51.7 Å². The monoisotopic (exact) mass is 335 g/mol. The van der Waals surface area contributed by atoms with Crippen molar-refractivity contribution >= 4 is 11.9 Å². The second-order valence-corrected chi connectivity index (χ2v) is 6.85. The third kappa shape index (κ3) is 5.56. The summed E-state index contributed by atoms with van der Waals surface area (Å²) in [5, 5.41) is 0. The van der Waals surface area contributed by atoms with Crippen LogP contribution in [0.4, 0.5) is 4.79 Å². The van der Waals surface area contributed by atoms with Crippen LogP contribution in [-0.2, 0) is 9.47 Å². The van der Waals surface area contributed by atoms with Gasteiger partial charge < -0.3 is 14.4 Å². The van der Waals surface area contributed by atoms with Gasteiger partial charge >= 0.3 is 6.09 Å². The summed E-state index contributed by atoms with van der Waals surface area (Å²) in [5.74, 6) is -0.220. The smallest absolute Gasteiger partial charge is 0.410 e. The lowest BCUT2D eigenvalue weighted by atomic mass is 10.0. The molecule has 0 spiro atoms. The second-order valence-electron chi connectivity index (χ2n) is 6.85. The molecule has 132 valence electrons. The Morgan fingerprint density at radius 3 is 2.75 bits per heavy atom. The molecule has 0 aliphatic carbocycles. The van der Waals surface area contributed by atoms with Crippen LogP contribution in [0, 0.1) is 0 Å². The molecule has 0 N–H and O–H groups in total. The van der Waals surface area contributed by atoms with Gasteiger partial charge in [0.25, 0.3) is 0 Å². The van der Waals surface area contributed by atoms with Crippen LogP contribution in [0.2, 0.25) is 0 Å². The van der Waals surface area contributed by atoms with E-state index < -0.39 is 5.60 Å². The lowest BCUT2D eigenvalue weighted by molar-refractivity contribution is -0.00625. The standard InChI is InChI=1S/C17H25N3O4/c1-17(2,3)24-16(22)20-9-5-4-6-13(20)11-23-12-15(21)14-10-18-7-8-19-14/h7-8,10,13H,4-6,9,11-12H2,1-3H3/t13-/m0/s1. The van der Waals surface area contributed by atoms with Crippen molar-refractivity contribution in [3.8, 4) is 0 Å². The fourth-order valence-electron chi connectivity index (χ4n) is 2.54. The van der Waals surface area contributed by atoms with E-state index in [1.165, 1.54) is 18.6 Å². The van der Waals surface area contributed by atoms with Crippen LogP contribution >= 0.6 is 0 Å². The molecule has 0 bridgehead atoms. The number of aromatic nitrogens is 2. The van der Waals surface area contributed by atoms with E-state index in [0.717, 1.165) is 19.3 Å². The molecule has 2 heterocycles. The number of ketones is 1. The van der Waals surface area contributed by atoms with E-state index in [1.807, 2.05) is 20.8 Å². The van der Waals surface area contributed by atoms with Gasteiger partial charge in [0.15, 0.2) is 0 Å². The van der Waals surface area contributed by atoms with Gasteiger partial charge in [0.1, 0.15) is 17.9 Å². The Labute approximate surface area is 142 Å². The first-order valence-corrected chi connectivity index (χ1v) is 8.23. The highest BCUT2D eigenvalue weighted by Gasteiger charge is 2.30. The summed E-state index contributed by atoms with van der Waals surface area (Å²) in [5.41, 5.74) is -0.243. The number of ether oxygens (including phenoxy) is 2. The maximum Gasteiger partial charge on any atom is 0.410 e.